The lowest BCUT2D eigenvalue weighted by atomic mass is 10.0. The van der Waals surface area contributed by atoms with E-state index in [0.717, 1.165) is 18.6 Å². The molecule has 1 aromatic rings. The van der Waals surface area contributed by atoms with E-state index in [1.54, 1.807) is 0 Å². The number of amides is 1. The molecule has 4 nitrogen and oxygen atoms in total. The van der Waals surface area contributed by atoms with Gasteiger partial charge in [0, 0.05) is 13.1 Å². The number of carbonyl (C=O) groups is 1. The van der Waals surface area contributed by atoms with E-state index in [1.165, 1.54) is 4.90 Å². The molecule has 1 aliphatic heterocycles. The number of ether oxygens (including phenoxy) is 1. The van der Waals surface area contributed by atoms with Crippen LogP contribution < -0.4 is 4.74 Å². The maximum atomic E-state index is 10.9. The molecule has 96 valence electrons. The lowest BCUT2D eigenvalue weighted by Crippen LogP contribution is -2.29. The number of nitrogens with zero attached hydrogens (tertiary/aromatic N) is 1. The fourth-order valence-electron chi connectivity index (χ4n) is 3.19. The molecule has 0 unspecified atom stereocenters. The molecule has 3 rings (SSSR count). The lowest BCUT2D eigenvalue weighted by Gasteiger charge is -2.17. The van der Waals surface area contributed by atoms with Gasteiger partial charge >= 0.3 is 6.09 Å². The fraction of sp³-hybridized carbons (Fsp3) is 0.500. The molecule has 1 saturated heterocycles. The molecular formula is C14H17NO3. The normalized spacial score (nSPS) is 30.2. The van der Waals surface area contributed by atoms with E-state index in [-0.39, 0.29) is 6.10 Å². The van der Waals surface area contributed by atoms with Crippen LogP contribution in [0.1, 0.15) is 12.8 Å². The monoisotopic (exact) mass is 247 g/mol. The number of hydrogen-bond donors (Lipinski definition) is 1. The number of para-hydroxylation sites is 1. The zero-order valence-corrected chi connectivity index (χ0v) is 10.2. The van der Waals surface area contributed by atoms with E-state index in [1.807, 2.05) is 30.3 Å². The number of carboxylic acid groups (broad SMARTS) is 1. The van der Waals surface area contributed by atoms with E-state index in [9.17, 15) is 4.79 Å². The minimum Gasteiger partial charge on any atom is -0.490 e. The molecular weight excluding hydrogens is 230 g/mol. The maximum Gasteiger partial charge on any atom is 0.407 e. The predicted molar refractivity (Wildman–Crippen MR) is 66.7 cm³/mol. The molecule has 1 amide bonds. The highest BCUT2D eigenvalue weighted by molar-refractivity contribution is 5.65. The minimum absolute atomic E-state index is 0.248. The molecule has 4 heteroatoms. The summed E-state index contributed by atoms with van der Waals surface area (Å²) in [5.41, 5.74) is 0. The van der Waals surface area contributed by atoms with Crippen LogP contribution in [0.25, 0.3) is 0 Å². The molecule has 18 heavy (non-hydrogen) atoms. The van der Waals surface area contributed by atoms with Crippen molar-refractivity contribution in [2.75, 3.05) is 13.1 Å². The van der Waals surface area contributed by atoms with Crippen LogP contribution in [0.3, 0.4) is 0 Å². The third-order valence-electron chi connectivity index (χ3n) is 4.02. The number of likely N-dealkylation sites (tertiary alicyclic amines) is 1. The van der Waals surface area contributed by atoms with Crippen molar-refractivity contribution in [3.8, 4) is 5.75 Å². The summed E-state index contributed by atoms with van der Waals surface area (Å²) in [7, 11) is 0. The summed E-state index contributed by atoms with van der Waals surface area (Å²) in [6.45, 7) is 1.35. The third-order valence-corrected chi connectivity index (χ3v) is 4.02. The summed E-state index contributed by atoms with van der Waals surface area (Å²) in [6.07, 6.45) is 1.41. The Morgan fingerprint density at radius 1 is 1.17 bits per heavy atom. The highest BCUT2D eigenvalue weighted by atomic mass is 16.5. The first-order chi connectivity index (χ1) is 8.72. The topological polar surface area (TPSA) is 49.8 Å². The molecule has 0 bridgehead atoms. The van der Waals surface area contributed by atoms with Crippen LogP contribution in [-0.2, 0) is 0 Å². The molecule has 1 heterocycles. The van der Waals surface area contributed by atoms with Crippen LogP contribution in [0, 0.1) is 11.8 Å². The van der Waals surface area contributed by atoms with Gasteiger partial charge < -0.3 is 14.7 Å². The average molecular weight is 247 g/mol. The Labute approximate surface area is 106 Å². The van der Waals surface area contributed by atoms with Crippen LogP contribution in [-0.4, -0.2) is 35.3 Å². The van der Waals surface area contributed by atoms with Gasteiger partial charge in [0.2, 0.25) is 0 Å². The Balaban J connectivity index is 1.57. The van der Waals surface area contributed by atoms with E-state index in [4.69, 9.17) is 9.84 Å². The van der Waals surface area contributed by atoms with Crippen molar-refractivity contribution in [2.24, 2.45) is 11.8 Å². The minimum atomic E-state index is -0.787. The van der Waals surface area contributed by atoms with Gasteiger partial charge in [-0.2, -0.15) is 0 Å². The van der Waals surface area contributed by atoms with E-state index in [2.05, 4.69) is 0 Å². The van der Waals surface area contributed by atoms with Crippen LogP contribution in [0.2, 0.25) is 0 Å². The van der Waals surface area contributed by atoms with Gasteiger partial charge in [-0.25, -0.2) is 4.79 Å². The number of rotatable bonds is 2. The summed E-state index contributed by atoms with van der Waals surface area (Å²) >= 11 is 0. The van der Waals surface area contributed by atoms with E-state index < -0.39 is 6.09 Å². The molecule has 2 aliphatic rings. The van der Waals surface area contributed by atoms with Crippen LogP contribution in [0.15, 0.2) is 30.3 Å². The summed E-state index contributed by atoms with van der Waals surface area (Å²) in [5, 5.41) is 8.96. The van der Waals surface area contributed by atoms with E-state index >= 15 is 0 Å². The van der Waals surface area contributed by atoms with Crippen molar-refractivity contribution in [1.29, 1.82) is 0 Å². The lowest BCUT2D eigenvalue weighted by molar-refractivity contribution is 0.144. The first-order valence-corrected chi connectivity index (χ1v) is 6.42. The van der Waals surface area contributed by atoms with Gasteiger partial charge in [-0.15, -0.1) is 0 Å². The molecule has 0 radical (unpaired) electrons. The molecule has 0 aromatic heterocycles. The summed E-state index contributed by atoms with van der Waals surface area (Å²) in [5.74, 6) is 1.88. The molecule has 3 atom stereocenters. The van der Waals surface area contributed by atoms with Crippen LogP contribution in [0.5, 0.6) is 5.75 Å². The molecule has 1 N–H and O–H groups in total. The van der Waals surface area contributed by atoms with Crippen LogP contribution >= 0.6 is 0 Å². The van der Waals surface area contributed by atoms with E-state index in [0.29, 0.717) is 24.9 Å². The zero-order chi connectivity index (χ0) is 12.5. The maximum absolute atomic E-state index is 10.9. The Morgan fingerprint density at radius 3 is 2.33 bits per heavy atom. The van der Waals surface area contributed by atoms with Gasteiger partial charge in [-0.1, -0.05) is 18.2 Å². The van der Waals surface area contributed by atoms with Crippen LogP contribution in [0.4, 0.5) is 4.79 Å². The quantitative estimate of drug-likeness (QED) is 0.873. The Kier molecular flexibility index (Phi) is 2.86. The predicted octanol–water partition coefficient (Wildman–Crippen LogP) is 2.45. The second-order valence-electron chi connectivity index (χ2n) is 5.23. The van der Waals surface area contributed by atoms with Crippen molar-refractivity contribution in [1.82, 2.24) is 4.90 Å². The summed E-state index contributed by atoms with van der Waals surface area (Å²) in [4.78, 5) is 12.4. The van der Waals surface area contributed by atoms with Crippen molar-refractivity contribution >= 4 is 6.09 Å². The number of hydrogen-bond acceptors (Lipinski definition) is 2. The molecule has 1 aromatic carbocycles. The number of fused-ring (bicyclic) bond motifs is 1. The Hall–Kier alpha value is -1.71. The molecule has 2 fully saturated rings. The first-order valence-electron chi connectivity index (χ1n) is 6.42. The highest BCUT2D eigenvalue weighted by Gasteiger charge is 2.43. The van der Waals surface area contributed by atoms with Gasteiger partial charge in [0.1, 0.15) is 5.75 Å². The SMILES string of the molecule is O=C(O)N1C[C@H]2C[C@@H](Oc3ccccc3)C[C@H]2C1. The second-order valence-corrected chi connectivity index (χ2v) is 5.23. The molecule has 0 spiro atoms. The molecule has 1 saturated carbocycles. The average Bonchev–Trinajstić information content (AvgIpc) is 2.88. The van der Waals surface area contributed by atoms with Crippen molar-refractivity contribution in [3.05, 3.63) is 30.3 Å². The van der Waals surface area contributed by atoms with Crippen molar-refractivity contribution < 1.29 is 14.6 Å². The summed E-state index contributed by atoms with van der Waals surface area (Å²) in [6, 6.07) is 9.85. The Morgan fingerprint density at radius 2 is 1.78 bits per heavy atom. The second kappa shape index (κ2) is 4.52. The van der Waals surface area contributed by atoms with Gasteiger partial charge in [0.15, 0.2) is 0 Å². The highest BCUT2D eigenvalue weighted by Crippen LogP contribution is 2.39. The third kappa shape index (κ3) is 2.15. The van der Waals surface area contributed by atoms with Gasteiger partial charge in [-0.3, -0.25) is 0 Å². The van der Waals surface area contributed by atoms with Crippen molar-refractivity contribution in [2.45, 2.75) is 18.9 Å². The van der Waals surface area contributed by atoms with Gasteiger partial charge in [0.25, 0.3) is 0 Å². The standard InChI is InChI=1S/C14H17NO3/c16-14(17)15-8-10-6-13(7-11(10)9-15)18-12-4-2-1-3-5-12/h1-5,10-11,13H,6-9H2,(H,16,17)/t10-,11+,13-. The Bertz CT molecular complexity index is 420. The first kappa shape index (κ1) is 11.4. The molecule has 1 aliphatic carbocycles. The van der Waals surface area contributed by atoms with Gasteiger partial charge in [-0.05, 0) is 36.8 Å². The summed E-state index contributed by atoms with van der Waals surface area (Å²) < 4.78 is 5.94. The largest absolute Gasteiger partial charge is 0.490 e. The number of benzene rings is 1. The zero-order valence-electron chi connectivity index (χ0n) is 10.2. The van der Waals surface area contributed by atoms with Crippen molar-refractivity contribution in [3.63, 3.8) is 0 Å². The van der Waals surface area contributed by atoms with Gasteiger partial charge in [0.05, 0.1) is 6.10 Å². The fourth-order valence-corrected chi connectivity index (χ4v) is 3.19. The smallest absolute Gasteiger partial charge is 0.407 e.